The molecule has 1 aromatic carbocycles. The van der Waals surface area contributed by atoms with Crippen molar-refractivity contribution in [2.45, 2.75) is 11.8 Å². The Morgan fingerprint density at radius 2 is 2.17 bits per heavy atom. The molecule has 18 heavy (non-hydrogen) atoms. The molecule has 0 saturated carbocycles. The van der Waals surface area contributed by atoms with Crippen LogP contribution in [-0.2, 0) is 10.0 Å². The molecule has 0 spiro atoms. The quantitative estimate of drug-likeness (QED) is 0.799. The number of nitrogens with one attached hydrogen (secondary N) is 2. The van der Waals surface area contributed by atoms with Crippen molar-refractivity contribution in [2.24, 2.45) is 0 Å². The smallest absolute Gasteiger partial charge is 0.267 e. The highest BCUT2D eigenvalue weighted by molar-refractivity contribution is 9.10. The summed E-state index contributed by atoms with van der Waals surface area (Å²) < 4.78 is 27.3. The number of nitrogens with zero attached hydrogens (tertiary/aromatic N) is 1. The molecule has 96 valence electrons. The second-order valence-corrected chi connectivity index (χ2v) is 6.24. The van der Waals surface area contributed by atoms with Crippen LogP contribution in [-0.4, -0.2) is 18.6 Å². The third-order valence-corrected chi connectivity index (χ3v) is 4.37. The van der Waals surface area contributed by atoms with Crippen molar-refractivity contribution in [1.29, 1.82) is 0 Å². The van der Waals surface area contributed by atoms with E-state index < -0.39 is 10.0 Å². The zero-order valence-corrected chi connectivity index (χ0v) is 11.8. The molecule has 0 aliphatic carbocycles. The topological polar surface area (TPSA) is 101 Å². The molecule has 4 N–H and O–H groups in total. The lowest BCUT2D eigenvalue weighted by atomic mass is 10.2. The van der Waals surface area contributed by atoms with Crippen LogP contribution in [0.15, 0.2) is 33.8 Å². The molecule has 2 rings (SSSR count). The van der Waals surface area contributed by atoms with Gasteiger partial charge in [0.05, 0.1) is 11.9 Å². The Kier molecular flexibility index (Phi) is 3.31. The summed E-state index contributed by atoms with van der Waals surface area (Å²) in [5, 5.41) is 5.97. The number of nitrogen functional groups attached to an aromatic ring is 1. The van der Waals surface area contributed by atoms with Crippen molar-refractivity contribution in [3.63, 3.8) is 0 Å². The van der Waals surface area contributed by atoms with E-state index in [4.69, 9.17) is 5.73 Å². The molecular weight excluding hydrogens is 320 g/mol. The molecule has 0 aliphatic heterocycles. The van der Waals surface area contributed by atoms with Crippen LogP contribution < -0.4 is 10.5 Å². The molecule has 1 heterocycles. The standard InChI is InChI=1S/C10H11BrN4O2S/c1-6-2-3-7(11)8(4-6)15-18(16,17)9-5-13-14-10(9)12/h2-5,15H,1H3,(H3,12,13,14). The first kappa shape index (κ1) is 12.9. The molecule has 8 heteroatoms. The molecule has 1 aromatic heterocycles. The first-order valence-corrected chi connectivity index (χ1v) is 7.25. The van der Waals surface area contributed by atoms with Gasteiger partial charge in [0.2, 0.25) is 0 Å². The molecule has 0 saturated heterocycles. The molecule has 0 bridgehead atoms. The SMILES string of the molecule is Cc1ccc(Br)c(NS(=O)(=O)c2cn[nH]c2N)c1. The average molecular weight is 331 g/mol. The Hall–Kier alpha value is -1.54. The Morgan fingerprint density at radius 3 is 2.78 bits per heavy atom. The third-order valence-electron chi connectivity index (χ3n) is 2.29. The number of rotatable bonds is 3. The van der Waals surface area contributed by atoms with E-state index in [1.165, 1.54) is 6.20 Å². The highest BCUT2D eigenvalue weighted by Crippen LogP contribution is 2.26. The second kappa shape index (κ2) is 4.62. The molecular formula is C10H11BrN4O2S. The predicted octanol–water partition coefficient (Wildman–Crippen LogP) is 1.86. The van der Waals surface area contributed by atoms with Crippen LogP contribution in [0.2, 0.25) is 0 Å². The van der Waals surface area contributed by atoms with Crippen LogP contribution >= 0.6 is 15.9 Å². The van der Waals surface area contributed by atoms with Crippen LogP contribution in [0, 0.1) is 6.92 Å². The number of aromatic amines is 1. The summed E-state index contributed by atoms with van der Waals surface area (Å²) in [5.41, 5.74) is 6.89. The maximum atomic E-state index is 12.1. The summed E-state index contributed by atoms with van der Waals surface area (Å²) in [7, 11) is -3.74. The van der Waals surface area contributed by atoms with Crippen molar-refractivity contribution in [1.82, 2.24) is 10.2 Å². The lowest BCUT2D eigenvalue weighted by Gasteiger charge is -2.09. The molecule has 0 unspecified atom stereocenters. The first-order valence-electron chi connectivity index (χ1n) is 4.98. The Morgan fingerprint density at radius 1 is 1.44 bits per heavy atom. The van der Waals surface area contributed by atoms with Gasteiger partial charge in [-0.3, -0.25) is 9.82 Å². The zero-order chi connectivity index (χ0) is 13.3. The minimum Gasteiger partial charge on any atom is -0.383 e. The summed E-state index contributed by atoms with van der Waals surface area (Å²) in [6.45, 7) is 1.87. The van der Waals surface area contributed by atoms with E-state index in [0.29, 0.717) is 10.2 Å². The Labute approximate surface area is 113 Å². The van der Waals surface area contributed by atoms with E-state index in [0.717, 1.165) is 5.56 Å². The highest BCUT2D eigenvalue weighted by atomic mass is 79.9. The summed E-state index contributed by atoms with van der Waals surface area (Å²) in [5.74, 6) is 0.00581. The minimum atomic E-state index is -3.74. The predicted molar refractivity (Wildman–Crippen MR) is 72.7 cm³/mol. The van der Waals surface area contributed by atoms with Gasteiger partial charge in [-0.15, -0.1) is 0 Å². The molecule has 0 amide bonds. The van der Waals surface area contributed by atoms with Gasteiger partial charge in [0.1, 0.15) is 10.7 Å². The number of benzene rings is 1. The monoisotopic (exact) mass is 330 g/mol. The largest absolute Gasteiger partial charge is 0.383 e. The number of sulfonamides is 1. The fourth-order valence-corrected chi connectivity index (χ4v) is 2.99. The van der Waals surface area contributed by atoms with Crippen molar-refractivity contribution in [2.75, 3.05) is 10.5 Å². The lowest BCUT2D eigenvalue weighted by molar-refractivity contribution is 0.601. The third kappa shape index (κ3) is 2.49. The van der Waals surface area contributed by atoms with Crippen molar-refractivity contribution >= 4 is 37.5 Å². The minimum absolute atomic E-state index is 0.00581. The maximum Gasteiger partial charge on any atom is 0.267 e. The number of H-pyrrole nitrogens is 1. The van der Waals surface area contributed by atoms with Gasteiger partial charge >= 0.3 is 0 Å². The fraction of sp³-hybridized carbons (Fsp3) is 0.100. The van der Waals surface area contributed by atoms with Gasteiger partial charge in [-0.1, -0.05) is 6.07 Å². The molecule has 0 fully saturated rings. The van der Waals surface area contributed by atoms with Gasteiger partial charge < -0.3 is 5.73 Å². The first-order chi connectivity index (χ1) is 8.40. The number of hydrogen-bond donors (Lipinski definition) is 3. The summed E-state index contributed by atoms with van der Waals surface area (Å²) >= 11 is 3.28. The van der Waals surface area contributed by atoms with Crippen LogP contribution in [0.3, 0.4) is 0 Å². The summed E-state index contributed by atoms with van der Waals surface area (Å²) in [6.07, 6.45) is 1.17. The van der Waals surface area contributed by atoms with Crippen LogP contribution in [0.4, 0.5) is 11.5 Å². The van der Waals surface area contributed by atoms with Crippen molar-refractivity contribution < 1.29 is 8.42 Å². The van der Waals surface area contributed by atoms with Gasteiger partial charge in [0.25, 0.3) is 10.0 Å². The van der Waals surface area contributed by atoms with Crippen LogP contribution in [0.1, 0.15) is 5.56 Å². The molecule has 6 nitrogen and oxygen atoms in total. The maximum absolute atomic E-state index is 12.1. The Bertz CT molecular complexity index is 681. The number of hydrogen-bond acceptors (Lipinski definition) is 4. The lowest BCUT2D eigenvalue weighted by Crippen LogP contribution is -2.14. The van der Waals surface area contributed by atoms with Crippen LogP contribution in [0.5, 0.6) is 0 Å². The van der Waals surface area contributed by atoms with Crippen molar-refractivity contribution in [3.05, 3.63) is 34.4 Å². The molecule has 2 aromatic rings. The number of aryl methyl sites for hydroxylation is 1. The van der Waals surface area contributed by atoms with E-state index >= 15 is 0 Å². The fourth-order valence-electron chi connectivity index (χ4n) is 1.42. The van der Waals surface area contributed by atoms with Crippen LogP contribution in [0.25, 0.3) is 0 Å². The molecule has 0 atom stereocenters. The van der Waals surface area contributed by atoms with Gasteiger partial charge in [-0.2, -0.15) is 5.10 Å². The molecule has 0 aliphatic rings. The summed E-state index contributed by atoms with van der Waals surface area (Å²) in [4.78, 5) is -0.0732. The zero-order valence-electron chi connectivity index (χ0n) is 9.44. The number of halogens is 1. The number of nitrogens with two attached hydrogens (primary N) is 1. The van der Waals surface area contributed by atoms with Gasteiger partial charge in [0.15, 0.2) is 0 Å². The van der Waals surface area contributed by atoms with E-state index in [1.54, 1.807) is 12.1 Å². The summed E-state index contributed by atoms with van der Waals surface area (Å²) in [6, 6.07) is 5.36. The van der Waals surface area contributed by atoms with Gasteiger partial charge in [-0.25, -0.2) is 8.42 Å². The molecule has 0 radical (unpaired) electrons. The Balaban J connectivity index is 2.40. The van der Waals surface area contributed by atoms with E-state index in [1.807, 2.05) is 13.0 Å². The second-order valence-electron chi connectivity index (χ2n) is 3.74. The number of aromatic nitrogens is 2. The van der Waals surface area contributed by atoms with Gasteiger partial charge in [0, 0.05) is 4.47 Å². The average Bonchev–Trinajstić information content (AvgIpc) is 2.70. The van der Waals surface area contributed by atoms with Gasteiger partial charge in [-0.05, 0) is 40.5 Å². The van der Waals surface area contributed by atoms with E-state index in [-0.39, 0.29) is 10.7 Å². The van der Waals surface area contributed by atoms with Crippen molar-refractivity contribution in [3.8, 4) is 0 Å². The van der Waals surface area contributed by atoms with E-state index in [9.17, 15) is 8.42 Å². The highest BCUT2D eigenvalue weighted by Gasteiger charge is 2.20. The number of anilines is 2. The van der Waals surface area contributed by atoms with E-state index in [2.05, 4.69) is 30.8 Å². The normalized spacial score (nSPS) is 11.4.